The first-order chi connectivity index (χ1) is 10.6. The van der Waals surface area contributed by atoms with Gasteiger partial charge in [-0.25, -0.2) is 8.78 Å². The van der Waals surface area contributed by atoms with Crippen molar-refractivity contribution in [3.63, 3.8) is 0 Å². The molecular formula is C20H28F2. The Morgan fingerprint density at radius 1 is 0.818 bits per heavy atom. The Morgan fingerprint density at radius 3 is 2.09 bits per heavy atom. The van der Waals surface area contributed by atoms with Gasteiger partial charge in [-0.1, -0.05) is 49.6 Å². The summed E-state index contributed by atoms with van der Waals surface area (Å²) in [6.45, 7) is 4.30. The first-order valence-electron chi connectivity index (χ1n) is 8.91. The van der Waals surface area contributed by atoms with Crippen LogP contribution in [0.25, 0.3) is 0 Å². The molecule has 22 heavy (non-hydrogen) atoms. The molecule has 0 saturated heterocycles. The molecule has 0 nitrogen and oxygen atoms in total. The topological polar surface area (TPSA) is 0 Å². The molecule has 1 aromatic carbocycles. The van der Waals surface area contributed by atoms with Gasteiger partial charge in [-0.3, -0.25) is 0 Å². The highest BCUT2D eigenvalue weighted by atomic mass is 19.2. The zero-order valence-corrected chi connectivity index (χ0v) is 13.8. The summed E-state index contributed by atoms with van der Waals surface area (Å²) in [5.41, 5.74) is 2.14. The van der Waals surface area contributed by atoms with Crippen molar-refractivity contribution in [2.24, 2.45) is 17.8 Å². The fourth-order valence-electron chi connectivity index (χ4n) is 4.52. The zero-order chi connectivity index (χ0) is 15.7. The highest BCUT2D eigenvalue weighted by Crippen LogP contribution is 2.46. The van der Waals surface area contributed by atoms with Gasteiger partial charge in [0.2, 0.25) is 0 Å². The quantitative estimate of drug-likeness (QED) is 0.629. The Bertz CT molecular complexity index is 473. The van der Waals surface area contributed by atoms with Crippen LogP contribution in [-0.2, 0) is 0 Å². The number of halogens is 2. The second-order valence-electron chi connectivity index (χ2n) is 7.67. The molecule has 0 spiro atoms. The van der Waals surface area contributed by atoms with Crippen molar-refractivity contribution in [2.45, 2.75) is 70.6 Å². The molecule has 2 heteroatoms. The highest BCUT2D eigenvalue weighted by molar-refractivity contribution is 5.26. The minimum Gasteiger partial charge on any atom is -0.244 e. The first-order valence-corrected chi connectivity index (χ1v) is 8.91. The molecule has 0 N–H and O–H groups in total. The van der Waals surface area contributed by atoms with E-state index in [0.29, 0.717) is 5.92 Å². The molecule has 0 bridgehead atoms. The van der Waals surface area contributed by atoms with Crippen LogP contribution in [-0.4, -0.2) is 12.3 Å². The summed E-state index contributed by atoms with van der Waals surface area (Å²) in [4.78, 5) is 0. The number of alkyl halides is 2. The van der Waals surface area contributed by atoms with Crippen LogP contribution in [0.2, 0.25) is 0 Å². The van der Waals surface area contributed by atoms with E-state index in [1.807, 2.05) is 31.2 Å². The predicted octanol–water partition coefficient (Wildman–Crippen LogP) is 5.99. The summed E-state index contributed by atoms with van der Waals surface area (Å²) in [7, 11) is 0. The Labute approximate surface area is 133 Å². The molecule has 0 aromatic heterocycles. The smallest absolute Gasteiger partial charge is 0.138 e. The highest BCUT2D eigenvalue weighted by Gasteiger charge is 2.44. The SMILES string of the molecule is Cc1ccc(C2CCC(C3CCC(C)CC3)C(F)C2F)cc1. The van der Waals surface area contributed by atoms with E-state index in [9.17, 15) is 8.78 Å². The van der Waals surface area contributed by atoms with Crippen molar-refractivity contribution >= 4 is 0 Å². The van der Waals surface area contributed by atoms with E-state index in [2.05, 4.69) is 6.92 Å². The number of rotatable bonds is 2. The van der Waals surface area contributed by atoms with E-state index >= 15 is 0 Å². The third-order valence-corrected chi connectivity index (χ3v) is 6.08. The molecule has 2 fully saturated rings. The van der Waals surface area contributed by atoms with Crippen molar-refractivity contribution in [2.75, 3.05) is 0 Å². The van der Waals surface area contributed by atoms with Crippen LogP contribution in [0.1, 0.15) is 62.5 Å². The molecule has 0 heterocycles. The van der Waals surface area contributed by atoms with Crippen molar-refractivity contribution in [3.05, 3.63) is 35.4 Å². The van der Waals surface area contributed by atoms with E-state index in [0.717, 1.165) is 37.2 Å². The maximum absolute atomic E-state index is 14.8. The van der Waals surface area contributed by atoms with Gasteiger partial charge < -0.3 is 0 Å². The molecule has 2 saturated carbocycles. The van der Waals surface area contributed by atoms with Gasteiger partial charge in [-0.2, -0.15) is 0 Å². The number of aryl methyl sites for hydroxylation is 1. The molecule has 4 atom stereocenters. The minimum absolute atomic E-state index is 0.0517. The summed E-state index contributed by atoms with van der Waals surface area (Å²) >= 11 is 0. The second kappa shape index (κ2) is 6.68. The molecule has 3 rings (SSSR count). The van der Waals surface area contributed by atoms with E-state index in [1.165, 1.54) is 18.4 Å². The molecule has 1 aromatic rings. The van der Waals surface area contributed by atoms with Gasteiger partial charge in [0.25, 0.3) is 0 Å². The summed E-state index contributed by atoms with van der Waals surface area (Å²) in [5.74, 6) is 0.862. The molecule has 0 amide bonds. The van der Waals surface area contributed by atoms with Crippen LogP contribution < -0.4 is 0 Å². The lowest BCUT2D eigenvalue weighted by Crippen LogP contribution is -2.41. The van der Waals surface area contributed by atoms with Crippen molar-refractivity contribution in [1.82, 2.24) is 0 Å². The maximum atomic E-state index is 14.8. The Balaban J connectivity index is 1.67. The summed E-state index contributed by atoms with van der Waals surface area (Å²) in [5, 5.41) is 0. The largest absolute Gasteiger partial charge is 0.244 e. The molecule has 4 unspecified atom stereocenters. The third-order valence-electron chi connectivity index (χ3n) is 6.08. The molecule has 2 aliphatic carbocycles. The normalized spacial score (nSPS) is 39.6. The van der Waals surface area contributed by atoms with Gasteiger partial charge in [0, 0.05) is 5.92 Å². The lowest BCUT2D eigenvalue weighted by Gasteiger charge is -2.41. The predicted molar refractivity (Wildman–Crippen MR) is 87.6 cm³/mol. The van der Waals surface area contributed by atoms with Crippen LogP contribution in [0, 0.1) is 24.7 Å². The van der Waals surface area contributed by atoms with Gasteiger partial charge in [0.1, 0.15) is 12.3 Å². The van der Waals surface area contributed by atoms with Crippen LogP contribution in [0.3, 0.4) is 0 Å². The molecule has 2 aliphatic rings. The number of hydrogen-bond acceptors (Lipinski definition) is 0. The fraction of sp³-hybridized carbons (Fsp3) is 0.700. The van der Waals surface area contributed by atoms with Crippen molar-refractivity contribution in [1.29, 1.82) is 0 Å². The Morgan fingerprint density at radius 2 is 1.45 bits per heavy atom. The molecule has 122 valence electrons. The Hall–Kier alpha value is -0.920. The van der Waals surface area contributed by atoms with Gasteiger partial charge in [0.05, 0.1) is 0 Å². The summed E-state index contributed by atoms with van der Waals surface area (Å²) in [6.07, 6.45) is 3.58. The first kappa shape index (κ1) is 16.0. The number of hydrogen-bond donors (Lipinski definition) is 0. The van der Waals surface area contributed by atoms with E-state index in [1.54, 1.807) is 0 Å². The van der Waals surface area contributed by atoms with Gasteiger partial charge in [0.15, 0.2) is 0 Å². The summed E-state index contributed by atoms with van der Waals surface area (Å²) in [6, 6.07) is 7.96. The van der Waals surface area contributed by atoms with E-state index in [-0.39, 0.29) is 11.8 Å². The lowest BCUT2D eigenvalue weighted by atomic mass is 9.67. The van der Waals surface area contributed by atoms with Crippen molar-refractivity contribution in [3.8, 4) is 0 Å². The Kier molecular flexibility index (Phi) is 4.84. The second-order valence-corrected chi connectivity index (χ2v) is 7.67. The average Bonchev–Trinajstić information content (AvgIpc) is 2.52. The van der Waals surface area contributed by atoms with Crippen LogP contribution in [0.15, 0.2) is 24.3 Å². The van der Waals surface area contributed by atoms with E-state index < -0.39 is 12.3 Å². The third kappa shape index (κ3) is 3.21. The minimum atomic E-state index is -1.33. The van der Waals surface area contributed by atoms with Gasteiger partial charge in [-0.15, -0.1) is 0 Å². The summed E-state index contributed by atoms with van der Waals surface area (Å²) < 4.78 is 29.5. The fourth-order valence-corrected chi connectivity index (χ4v) is 4.52. The maximum Gasteiger partial charge on any atom is 0.138 e. The standard InChI is InChI=1S/C20H28F2/c1-13-3-7-15(8-4-13)17-11-12-18(20(22)19(17)21)16-9-5-14(2)6-10-16/h3-4,7-8,14,16-20H,5-6,9-12H2,1-2H3. The molecule has 0 radical (unpaired) electrons. The molecular weight excluding hydrogens is 278 g/mol. The van der Waals surface area contributed by atoms with Gasteiger partial charge in [-0.05, 0) is 55.9 Å². The van der Waals surface area contributed by atoms with Crippen LogP contribution in [0.5, 0.6) is 0 Å². The monoisotopic (exact) mass is 306 g/mol. The van der Waals surface area contributed by atoms with Crippen LogP contribution in [0.4, 0.5) is 8.78 Å². The zero-order valence-electron chi connectivity index (χ0n) is 13.8. The average molecular weight is 306 g/mol. The van der Waals surface area contributed by atoms with Crippen LogP contribution >= 0.6 is 0 Å². The number of benzene rings is 1. The lowest BCUT2D eigenvalue weighted by molar-refractivity contribution is 0.00957. The van der Waals surface area contributed by atoms with Crippen molar-refractivity contribution < 1.29 is 8.78 Å². The molecule has 0 aliphatic heterocycles. The van der Waals surface area contributed by atoms with E-state index in [4.69, 9.17) is 0 Å². The van der Waals surface area contributed by atoms with Gasteiger partial charge >= 0.3 is 0 Å².